The minimum Gasteiger partial charge on any atom is -0.464 e. The Morgan fingerprint density at radius 1 is 1.21 bits per heavy atom. The van der Waals surface area contributed by atoms with Gasteiger partial charge in [-0.05, 0) is 33.8 Å². The fraction of sp³-hybridized carbons (Fsp3) is 0.500. The van der Waals surface area contributed by atoms with E-state index in [1.54, 1.807) is 4.68 Å². The lowest BCUT2D eigenvalue weighted by atomic mass is 10.4. The lowest BCUT2D eigenvalue weighted by Gasteiger charge is -2.08. The van der Waals surface area contributed by atoms with Crippen LogP contribution < -0.4 is 10.1 Å². The van der Waals surface area contributed by atoms with Gasteiger partial charge in [-0.3, -0.25) is 0 Å². The molecule has 2 heterocycles. The zero-order valence-corrected chi connectivity index (χ0v) is 11.6. The summed E-state index contributed by atoms with van der Waals surface area (Å²) in [6, 6.07) is 2.27. The minimum atomic E-state index is 0.302. The van der Waals surface area contributed by atoms with E-state index in [9.17, 15) is 0 Å². The Morgan fingerprint density at radius 2 is 2.00 bits per heavy atom. The van der Waals surface area contributed by atoms with E-state index in [0.29, 0.717) is 24.5 Å². The van der Waals surface area contributed by atoms with Crippen molar-refractivity contribution in [3.05, 3.63) is 17.5 Å². The van der Waals surface area contributed by atoms with E-state index in [1.807, 2.05) is 33.8 Å². The molecule has 0 saturated heterocycles. The van der Waals surface area contributed by atoms with Crippen LogP contribution in [0.5, 0.6) is 6.01 Å². The Kier molecular flexibility index (Phi) is 3.94. The fourth-order valence-electron chi connectivity index (χ4n) is 1.70. The van der Waals surface area contributed by atoms with Crippen molar-refractivity contribution >= 4 is 5.95 Å². The van der Waals surface area contributed by atoms with Crippen LogP contribution in [-0.4, -0.2) is 37.9 Å². The van der Waals surface area contributed by atoms with Gasteiger partial charge in [0.15, 0.2) is 0 Å². The molecule has 0 amide bonds. The maximum Gasteiger partial charge on any atom is 0.323 e. The molecule has 2 aromatic heterocycles. The van der Waals surface area contributed by atoms with Crippen molar-refractivity contribution in [1.29, 1.82) is 0 Å². The standard InChI is InChI=1S/C12H18N6O/c1-5-13-10-14-11(16-12(15-10)19-6-2)18-9(4)7-8(3)17-18/h7H,5-6H2,1-4H3,(H,13,14,15,16). The summed E-state index contributed by atoms with van der Waals surface area (Å²) in [5, 5.41) is 7.42. The summed E-state index contributed by atoms with van der Waals surface area (Å²) in [7, 11) is 0. The third-order valence-corrected chi connectivity index (χ3v) is 2.41. The van der Waals surface area contributed by atoms with Crippen molar-refractivity contribution in [3.63, 3.8) is 0 Å². The summed E-state index contributed by atoms with van der Waals surface area (Å²) in [6.45, 7) is 8.99. The zero-order chi connectivity index (χ0) is 13.8. The van der Waals surface area contributed by atoms with Crippen LogP contribution in [-0.2, 0) is 0 Å². The third kappa shape index (κ3) is 2.98. The van der Waals surface area contributed by atoms with E-state index >= 15 is 0 Å². The second-order valence-electron chi connectivity index (χ2n) is 4.04. The highest BCUT2D eigenvalue weighted by molar-refractivity contribution is 5.31. The SMILES string of the molecule is CCNc1nc(OCC)nc(-n2nc(C)cc2C)n1. The maximum absolute atomic E-state index is 5.36. The van der Waals surface area contributed by atoms with Gasteiger partial charge in [-0.1, -0.05) is 0 Å². The van der Waals surface area contributed by atoms with Crippen LogP contribution in [0.1, 0.15) is 25.2 Å². The van der Waals surface area contributed by atoms with Crippen molar-refractivity contribution < 1.29 is 4.74 Å². The van der Waals surface area contributed by atoms with Gasteiger partial charge in [-0.25, -0.2) is 4.68 Å². The first-order valence-corrected chi connectivity index (χ1v) is 6.30. The van der Waals surface area contributed by atoms with Gasteiger partial charge in [0.05, 0.1) is 12.3 Å². The van der Waals surface area contributed by atoms with Crippen molar-refractivity contribution in [1.82, 2.24) is 24.7 Å². The summed E-state index contributed by atoms with van der Waals surface area (Å²) in [6.07, 6.45) is 0. The smallest absolute Gasteiger partial charge is 0.323 e. The van der Waals surface area contributed by atoms with Gasteiger partial charge in [0, 0.05) is 12.2 Å². The highest BCUT2D eigenvalue weighted by Crippen LogP contribution is 2.13. The fourth-order valence-corrected chi connectivity index (χ4v) is 1.70. The minimum absolute atomic E-state index is 0.302. The van der Waals surface area contributed by atoms with E-state index in [2.05, 4.69) is 25.4 Å². The van der Waals surface area contributed by atoms with Crippen LogP contribution >= 0.6 is 0 Å². The van der Waals surface area contributed by atoms with Crippen LogP contribution in [0.4, 0.5) is 5.95 Å². The Bertz CT molecular complexity index is 541. The predicted octanol–water partition coefficient (Wildman–Crippen LogP) is 1.50. The molecule has 0 fully saturated rings. The molecule has 7 heteroatoms. The van der Waals surface area contributed by atoms with Crippen LogP contribution in [0.2, 0.25) is 0 Å². The molecule has 0 bridgehead atoms. The normalized spacial score (nSPS) is 10.5. The summed E-state index contributed by atoms with van der Waals surface area (Å²) in [4.78, 5) is 12.8. The molecule has 0 radical (unpaired) electrons. The molecule has 0 saturated carbocycles. The van der Waals surface area contributed by atoms with Gasteiger partial charge in [-0.2, -0.15) is 20.1 Å². The van der Waals surface area contributed by atoms with Crippen molar-refractivity contribution in [2.45, 2.75) is 27.7 Å². The molecule has 1 N–H and O–H groups in total. The maximum atomic E-state index is 5.36. The summed E-state index contributed by atoms with van der Waals surface area (Å²) >= 11 is 0. The molecule has 0 spiro atoms. The number of rotatable bonds is 5. The first-order chi connectivity index (χ1) is 9.13. The second kappa shape index (κ2) is 5.64. The average Bonchev–Trinajstić information content (AvgIpc) is 2.69. The van der Waals surface area contributed by atoms with Gasteiger partial charge < -0.3 is 10.1 Å². The van der Waals surface area contributed by atoms with E-state index in [0.717, 1.165) is 17.9 Å². The molecule has 7 nitrogen and oxygen atoms in total. The Labute approximate surface area is 112 Å². The molecule has 0 aliphatic rings. The van der Waals surface area contributed by atoms with Crippen LogP contribution in [0.3, 0.4) is 0 Å². The van der Waals surface area contributed by atoms with E-state index in [1.165, 1.54) is 0 Å². The number of hydrogen-bond donors (Lipinski definition) is 1. The van der Waals surface area contributed by atoms with Crippen molar-refractivity contribution in [3.8, 4) is 12.0 Å². The molecule has 102 valence electrons. The van der Waals surface area contributed by atoms with Crippen molar-refractivity contribution in [2.75, 3.05) is 18.5 Å². The monoisotopic (exact) mass is 262 g/mol. The van der Waals surface area contributed by atoms with Crippen LogP contribution in [0.15, 0.2) is 6.07 Å². The van der Waals surface area contributed by atoms with Gasteiger partial charge in [0.25, 0.3) is 5.95 Å². The highest BCUT2D eigenvalue weighted by atomic mass is 16.5. The van der Waals surface area contributed by atoms with Gasteiger partial charge in [-0.15, -0.1) is 0 Å². The van der Waals surface area contributed by atoms with Crippen molar-refractivity contribution in [2.24, 2.45) is 0 Å². The number of aromatic nitrogens is 5. The highest BCUT2D eigenvalue weighted by Gasteiger charge is 2.11. The molecule has 0 aliphatic heterocycles. The number of hydrogen-bond acceptors (Lipinski definition) is 6. The lowest BCUT2D eigenvalue weighted by Crippen LogP contribution is -2.12. The Morgan fingerprint density at radius 3 is 2.58 bits per heavy atom. The van der Waals surface area contributed by atoms with E-state index in [4.69, 9.17) is 4.74 Å². The molecule has 19 heavy (non-hydrogen) atoms. The number of nitrogens with zero attached hydrogens (tertiary/aromatic N) is 5. The van der Waals surface area contributed by atoms with Gasteiger partial charge in [0.2, 0.25) is 5.95 Å². The molecular weight excluding hydrogens is 244 g/mol. The number of anilines is 1. The average molecular weight is 262 g/mol. The molecule has 2 aromatic rings. The quantitative estimate of drug-likeness (QED) is 0.880. The second-order valence-corrected chi connectivity index (χ2v) is 4.04. The molecule has 2 rings (SSSR count). The van der Waals surface area contributed by atoms with Gasteiger partial charge >= 0.3 is 6.01 Å². The van der Waals surface area contributed by atoms with Gasteiger partial charge in [0.1, 0.15) is 0 Å². The number of nitrogens with one attached hydrogen (secondary N) is 1. The number of aryl methyl sites for hydroxylation is 2. The predicted molar refractivity (Wildman–Crippen MR) is 71.8 cm³/mol. The molecular formula is C12H18N6O. The van der Waals surface area contributed by atoms with Crippen LogP contribution in [0.25, 0.3) is 5.95 Å². The topological polar surface area (TPSA) is 77.8 Å². The molecule has 0 atom stereocenters. The number of ether oxygens (including phenoxy) is 1. The molecule has 0 aromatic carbocycles. The molecule has 0 aliphatic carbocycles. The zero-order valence-electron chi connectivity index (χ0n) is 11.6. The summed E-state index contributed by atoms with van der Waals surface area (Å²) < 4.78 is 7.04. The Hall–Kier alpha value is -2.18. The lowest BCUT2D eigenvalue weighted by molar-refractivity contribution is 0.311. The summed E-state index contributed by atoms with van der Waals surface area (Å²) in [5.74, 6) is 0.948. The summed E-state index contributed by atoms with van der Waals surface area (Å²) in [5.41, 5.74) is 1.88. The first-order valence-electron chi connectivity index (χ1n) is 6.30. The van der Waals surface area contributed by atoms with E-state index < -0.39 is 0 Å². The molecule has 0 unspecified atom stereocenters. The largest absolute Gasteiger partial charge is 0.464 e. The van der Waals surface area contributed by atoms with Crippen LogP contribution in [0, 0.1) is 13.8 Å². The third-order valence-electron chi connectivity index (χ3n) is 2.41. The van der Waals surface area contributed by atoms with E-state index in [-0.39, 0.29) is 0 Å². The first kappa shape index (κ1) is 13.3. The Balaban J connectivity index is 2.46.